The van der Waals surface area contributed by atoms with Crippen LogP contribution in [0.15, 0.2) is 60.3 Å². The fraction of sp³-hybridized carbons (Fsp3) is 0.238. The van der Waals surface area contributed by atoms with Crippen molar-refractivity contribution in [3.8, 4) is 0 Å². The third-order valence-corrected chi connectivity index (χ3v) is 8.02. The quantitative estimate of drug-likeness (QED) is 0.630. The van der Waals surface area contributed by atoms with Gasteiger partial charge in [0.25, 0.3) is 10.2 Å². The van der Waals surface area contributed by atoms with Crippen molar-refractivity contribution in [3.05, 3.63) is 76.7 Å². The van der Waals surface area contributed by atoms with Crippen LogP contribution in [0.2, 0.25) is 5.02 Å². The molecule has 1 aromatic heterocycles. The first-order valence-electron chi connectivity index (χ1n) is 9.57. The number of nitrogens with zero attached hydrogens (tertiary/aromatic N) is 2. The molecule has 0 bridgehead atoms. The maximum Gasteiger partial charge on any atom is 0.280 e. The molecule has 1 aliphatic rings. The molecule has 2 atom stereocenters. The maximum atomic E-state index is 13.4. The number of likely N-dealkylation sites (N-methyl/N-ethyl adjacent to an activating group) is 1. The van der Waals surface area contributed by atoms with Gasteiger partial charge in [0.05, 0.1) is 11.1 Å². The van der Waals surface area contributed by atoms with E-state index in [9.17, 15) is 17.6 Å². The molecule has 170 valence electrons. The van der Waals surface area contributed by atoms with Crippen molar-refractivity contribution < 1.29 is 17.6 Å². The fourth-order valence-electron chi connectivity index (χ4n) is 3.12. The summed E-state index contributed by atoms with van der Waals surface area (Å²) in [6.07, 6.45) is 5.42. The minimum atomic E-state index is -3.93. The lowest BCUT2D eigenvalue weighted by Crippen LogP contribution is -2.58. The van der Waals surface area contributed by atoms with Gasteiger partial charge in [0.2, 0.25) is 5.91 Å². The number of benzene rings is 1. The van der Waals surface area contributed by atoms with E-state index in [1.165, 1.54) is 30.9 Å². The number of pyridine rings is 1. The normalized spacial score (nSPS) is 21.2. The zero-order valence-electron chi connectivity index (χ0n) is 17.4. The Hall–Kier alpha value is -2.24. The van der Waals surface area contributed by atoms with Crippen LogP contribution in [-0.2, 0) is 15.0 Å². The van der Waals surface area contributed by atoms with Gasteiger partial charge < -0.3 is 5.32 Å². The second-order valence-corrected chi connectivity index (χ2v) is 10.4. The molecule has 2 aromatic rings. The van der Waals surface area contributed by atoms with E-state index in [-0.39, 0.29) is 17.1 Å². The van der Waals surface area contributed by atoms with Crippen LogP contribution in [-0.4, -0.2) is 42.7 Å². The van der Waals surface area contributed by atoms with Crippen molar-refractivity contribution in [2.45, 2.75) is 25.4 Å². The van der Waals surface area contributed by atoms with E-state index in [2.05, 4.69) is 21.6 Å². The highest BCUT2D eigenvalue weighted by molar-refractivity contribution is 8.11. The zero-order chi connectivity index (χ0) is 23.5. The number of nitrogens with one attached hydrogen (secondary N) is 2. The standard InChI is InChI=1S/C21H22ClFN4O3S2/c1-4-20(14-6-5-9-24-12-14)31-13(2)18-11-19(27(3)32(29,30)26-18)21(28)25-15-7-8-17(23)16(22)10-15/h4-10,12,18-19,26H,2,11H2,1,3H3,(H,25,28)/b20-4-/t18-,19+/m1/s1. The summed E-state index contributed by atoms with van der Waals surface area (Å²) in [6.45, 7) is 5.91. The first-order valence-corrected chi connectivity index (χ1v) is 12.2. The molecule has 1 aliphatic heterocycles. The third-order valence-electron chi connectivity index (χ3n) is 4.90. The van der Waals surface area contributed by atoms with Gasteiger partial charge in [-0.3, -0.25) is 9.78 Å². The van der Waals surface area contributed by atoms with Gasteiger partial charge in [-0.05, 0) is 37.6 Å². The van der Waals surface area contributed by atoms with Crippen molar-refractivity contribution >= 4 is 50.1 Å². The van der Waals surface area contributed by atoms with Gasteiger partial charge >= 0.3 is 0 Å². The first kappa shape index (κ1) is 24.4. The molecule has 2 N–H and O–H groups in total. The summed E-state index contributed by atoms with van der Waals surface area (Å²) < 4.78 is 42.3. The van der Waals surface area contributed by atoms with Crippen molar-refractivity contribution in [2.75, 3.05) is 12.4 Å². The molecule has 0 saturated carbocycles. The number of carbonyl (C=O) groups is 1. The number of hydrogen-bond donors (Lipinski definition) is 2. The average Bonchev–Trinajstić information content (AvgIpc) is 2.76. The van der Waals surface area contributed by atoms with Crippen LogP contribution in [0.3, 0.4) is 0 Å². The topological polar surface area (TPSA) is 91.4 Å². The number of aromatic nitrogens is 1. The van der Waals surface area contributed by atoms with Crippen molar-refractivity contribution in [2.24, 2.45) is 0 Å². The molecule has 0 aliphatic carbocycles. The number of amides is 1. The molecule has 0 spiro atoms. The number of anilines is 1. The Kier molecular flexibility index (Phi) is 7.73. The maximum absolute atomic E-state index is 13.4. The second-order valence-electron chi connectivity index (χ2n) is 7.02. The lowest BCUT2D eigenvalue weighted by Gasteiger charge is -2.36. The Bertz CT molecular complexity index is 1160. The second kappa shape index (κ2) is 10.1. The van der Waals surface area contributed by atoms with Crippen LogP contribution < -0.4 is 10.0 Å². The summed E-state index contributed by atoms with van der Waals surface area (Å²) in [5.41, 5.74) is 1.14. The molecule has 0 unspecified atom stereocenters. The van der Waals surface area contributed by atoms with E-state index in [4.69, 9.17) is 11.6 Å². The minimum absolute atomic E-state index is 0.147. The smallest absolute Gasteiger partial charge is 0.280 e. The molecule has 1 amide bonds. The number of halogens is 2. The Morgan fingerprint density at radius 3 is 2.81 bits per heavy atom. The van der Waals surface area contributed by atoms with Crippen molar-refractivity contribution in [1.82, 2.24) is 14.0 Å². The van der Waals surface area contributed by atoms with Gasteiger partial charge in [0.1, 0.15) is 11.9 Å². The molecular weight excluding hydrogens is 475 g/mol. The van der Waals surface area contributed by atoms with E-state index in [0.29, 0.717) is 4.91 Å². The third kappa shape index (κ3) is 5.57. The number of rotatable bonds is 6. The largest absolute Gasteiger partial charge is 0.325 e. The lowest BCUT2D eigenvalue weighted by atomic mass is 10.1. The summed E-state index contributed by atoms with van der Waals surface area (Å²) in [6, 6.07) is 5.77. The number of allylic oxidation sites excluding steroid dienone is 1. The zero-order valence-corrected chi connectivity index (χ0v) is 19.8. The van der Waals surface area contributed by atoms with Crippen LogP contribution in [0.25, 0.3) is 4.91 Å². The van der Waals surface area contributed by atoms with E-state index in [1.807, 2.05) is 25.1 Å². The van der Waals surface area contributed by atoms with Gasteiger partial charge in [0, 0.05) is 40.5 Å². The molecule has 32 heavy (non-hydrogen) atoms. The van der Waals surface area contributed by atoms with Crippen molar-refractivity contribution in [1.29, 1.82) is 0 Å². The van der Waals surface area contributed by atoms with Crippen LogP contribution in [0.5, 0.6) is 0 Å². The molecule has 1 fully saturated rings. The van der Waals surface area contributed by atoms with Crippen LogP contribution >= 0.6 is 23.4 Å². The van der Waals surface area contributed by atoms with Crippen molar-refractivity contribution in [3.63, 3.8) is 0 Å². The van der Waals surface area contributed by atoms with Gasteiger partial charge in [-0.2, -0.15) is 17.4 Å². The fourth-order valence-corrected chi connectivity index (χ4v) is 5.60. The minimum Gasteiger partial charge on any atom is -0.325 e. The highest BCUT2D eigenvalue weighted by atomic mass is 35.5. The highest BCUT2D eigenvalue weighted by Gasteiger charge is 2.41. The molecule has 3 rings (SSSR count). The Morgan fingerprint density at radius 1 is 1.44 bits per heavy atom. The summed E-state index contributed by atoms with van der Waals surface area (Å²) in [5.74, 6) is -1.17. The van der Waals surface area contributed by atoms with E-state index in [0.717, 1.165) is 20.8 Å². The summed E-state index contributed by atoms with van der Waals surface area (Å²) >= 11 is 7.09. The molecular formula is C21H22ClFN4O3S2. The average molecular weight is 497 g/mol. The van der Waals surface area contributed by atoms with Crippen LogP contribution in [0, 0.1) is 5.82 Å². The van der Waals surface area contributed by atoms with Crippen LogP contribution in [0.1, 0.15) is 18.9 Å². The van der Waals surface area contributed by atoms with Gasteiger partial charge in [-0.1, -0.05) is 42.1 Å². The van der Waals surface area contributed by atoms with Gasteiger partial charge in [0.15, 0.2) is 0 Å². The number of carbonyl (C=O) groups excluding carboxylic acids is 1. The monoisotopic (exact) mass is 496 g/mol. The van der Waals surface area contributed by atoms with Gasteiger partial charge in [-0.15, -0.1) is 0 Å². The molecule has 11 heteroatoms. The first-order chi connectivity index (χ1) is 15.1. The van der Waals surface area contributed by atoms with E-state index >= 15 is 0 Å². The molecule has 2 heterocycles. The van der Waals surface area contributed by atoms with E-state index in [1.54, 1.807) is 12.4 Å². The van der Waals surface area contributed by atoms with Gasteiger partial charge in [-0.25, -0.2) is 4.39 Å². The summed E-state index contributed by atoms with van der Waals surface area (Å²) in [5, 5.41) is 2.46. The Labute approximate surface area is 195 Å². The SMILES string of the molecule is C=C(S/C(=C\C)c1cccnc1)[C@H]1C[C@@H](C(=O)Nc2ccc(F)c(Cl)c2)N(C)S(=O)(=O)N1. The predicted molar refractivity (Wildman–Crippen MR) is 127 cm³/mol. The molecule has 7 nitrogen and oxygen atoms in total. The van der Waals surface area contributed by atoms with Crippen LogP contribution in [0.4, 0.5) is 10.1 Å². The number of thioether (sulfide) groups is 1. The molecule has 1 saturated heterocycles. The summed E-state index contributed by atoms with van der Waals surface area (Å²) in [7, 11) is -2.61. The molecule has 1 aromatic carbocycles. The predicted octanol–water partition coefficient (Wildman–Crippen LogP) is 4.03. The Morgan fingerprint density at radius 2 is 2.19 bits per heavy atom. The molecule has 0 radical (unpaired) electrons. The van der Waals surface area contributed by atoms with E-state index < -0.39 is 34.0 Å². The highest BCUT2D eigenvalue weighted by Crippen LogP contribution is 2.36. The summed E-state index contributed by atoms with van der Waals surface area (Å²) in [4.78, 5) is 18.4. The number of hydrogen-bond acceptors (Lipinski definition) is 5. The Balaban J connectivity index is 1.77. The lowest BCUT2D eigenvalue weighted by molar-refractivity contribution is -0.120.